The number of nitrogens with zero attached hydrogens (tertiary/aromatic N) is 3. The highest BCUT2D eigenvalue weighted by Gasteiger charge is 2.37. The molecule has 1 saturated carbocycles. The van der Waals surface area contributed by atoms with Crippen LogP contribution in [0.3, 0.4) is 0 Å². The van der Waals surface area contributed by atoms with Crippen LogP contribution in [0.2, 0.25) is 0 Å². The highest BCUT2D eigenvalue weighted by molar-refractivity contribution is 5.80. The van der Waals surface area contributed by atoms with Crippen molar-refractivity contribution in [2.24, 2.45) is 5.92 Å². The van der Waals surface area contributed by atoms with E-state index in [9.17, 15) is 9.59 Å². The topological polar surface area (TPSA) is 55.9 Å². The predicted octanol–water partition coefficient (Wildman–Crippen LogP) is 1.66. The summed E-state index contributed by atoms with van der Waals surface area (Å²) in [4.78, 5) is 31.7. The Kier molecular flexibility index (Phi) is 4.89. The van der Waals surface area contributed by atoms with Crippen LogP contribution >= 0.6 is 0 Å². The van der Waals surface area contributed by atoms with E-state index in [2.05, 4.69) is 17.3 Å². The van der Waals surface area contributed by atoms with Crippen LogP contribution in [0.15, 0.2) is 0 Å². The fourth-order valence-corrected chi connectivity index (χ4v) is 5.27. The van der Waals surface area contributed by atoms with Gasteiger partial charge in [-0.15, -0.1) is 0 Å². The standard InChI is InChI=1S/C19H32N4O2/c1-21-16-6-7-17(21)13-23(11-9-16)19(25)20-15-8-10-22(12-15)18(24)14-4-2-3-5-14/h14-17H,2-13H2,1H3,(H,20,25)/t15-,16-,17-/m0/s1. The average molecular weight is 348 g/mol. The van der Waals surface area contributed by atoms with Crippen LogP contribution in [0.5, 0.6) is 0 Å². The summed E-state index contributed by atoms with van der Waals surface area (Å²) < 4.78 is 0. The Bertz CT molecular complexity index is 520. The SMILES string of the molecule is CN1[C@H]2CC[C@H]1CN(C(=O)N[C@H]1CCN(C(=O)C3CCCC3)C1)CC2. The van der Waals surface area contributed by atoms with E-state index < -0.39 is 0 Å². The Morgan fingerprint density at radius 2 is 1.56 bits per heavy atom. The molecule has 140 valence electrons. The number of carbonyl (C=O) groups excluding carboxylic acids is 2. The molecule has 3 atom stereocenters. The average Bonchev–Trinajstić information content (AvgIpc) is 3.29. The van der Waals surface area contributed by atoms with Gasteiger partial charge in [0.1, 0.15) is 0 Å². The van der Waals surface area contributed by atoms with Crippen LogP contribution in [0.1, 0.15) is 51.4 Å². The maximum absolute atomic E-state index is 12.7. The molecule has 4 aliphatic rings. The third kappa shape index (κ3) is 3.50. The fourth-order valence-electron chi connectivity index (χ4n) is 5.27. The molecule has 3 amide bonds. The van der Waals surface area contributed by atoms with E-state index in [1.807, 2.05) is 9.80 Å². The summed E-state index contributed by atoms with van der Waals surface area (Å²) in [5.41, 5.74) is 0. The van der Waals surface area contributed by atoms with Crippen molar-refractivity contribution >= 4 is 11.9 Å². The number of carbonyl (C=O) groups is 2. The molecule has 6 heteroatoms. The molecular weight excluding hydrogens is 316 g/mol. The number of fused-ring (bicyclic) bond motifs is 2. The molecule has 4 rings (SSSR count). The monoisotopic (exact) mass is 348 g/mol. The van der Waals surface area contributed by atoms with Crippen LogP contribution < -0.4 is 5.32 Å². The van der Waals surface area contributed by atoms with Crippen molar-refractivity contribution in [2.75, 3.05) is 33.2 Å². The molecular formula is C19H32N4O2. The fraction of sp³-hybridized carbons (Fsp3) is 0.895. The Hall–Kier alpha value is -1.30. The predicted molar refractivity (Wildman–Crippen MR) is 96.2 cm³/mol. The van der Waals surface area contributed by atoms with E-state index in [-0.39, 0.29) is 18.0 Å². The van der Waals surface area contributed by atoms with Crippen LogP contribution in [-0.2, 0) is 4.79 Å². The Labute approximate surface area is 150 Å². The number of urea groups is 1. The van der Waals surface area contributed by atoms with Gasteiger partial charge in [-0.3, -0.25) is 9.69 Å². The van der Waals surface area contributed by atoms with Crippen molar-refractivity contribution in [3.63, 3.8) is 0 Å². The first-order chi connectivity index (χ1) is 12.1. The number of nitrogens with one attached hydrogen (secondary N) is 1. The summed E-state index contributed by atoms with van der Waals surface area (Å²) in [6.45, 7) is 3.19. The minimum Gasteiger partial charge on any atom is -0.340 e. The van der Waals surface area contributed by atoms with Crippen LogP contribution in [-0.4, -0.2) is 78.0 Å². The van der Waals surface area contributed by atoms with Crippen LogP contribution in [0.4, 0.5) is 4.79 Å². The minimum absolute atomic E-state index is 0.0705. The van der Waals surface area contributed by atoms with Gasteiger partial charge in [-0.2, -0.15) is 0 Å². The third-order valence-electron chi connectivity index (χ3n) is 6.97. The Morgan fingerprint density at radius 1 is 0.840 bits per heavy atom. The lowest BCUT2D eigenvalue weighted by molar-refractivity contribution is -0.134. The first-order valence-corrected chi connectivity index (χ1v) is 10.2. The molecule has 0 unspecified atom stereocenters. The molecule has 1 N–H and O–H groups in total. The molecule has 25 heavy (non-hydrogen) atoms. The summed E-state index contributed by atoms with van der Waals surface area (Å²) in [5, 5.41) is 3.20. The van der Waals surface area contributed by atoms with Gasteiger partial charge < -0.3 is 15.1 Å². The number of likely N-dealkylation sites (tertiary alicyclic amines) is 2. The van der Waals surface area contributed by atoms with Crippen LogP contribution in [0.25, 0.3) is 0 Å². The second-order valence-electron chi connectivity index (χ2n) is 8.49. The van der Waals surface area contributed by atoms with Gasteiger partial charge in [0.25, 0.3) is 0 Å². The van der Waals surface area contributed by atoms with Crippen molar-refractivity contribution in [1.29, 1.82) is 0 Å². The number of rotatable bonds is 2. The molecule has 0 aromatic heterocycles. The lowest BCUT2D eigenvalue weighted by atomic mass is 10.1. The first kappa shape index (κ1) is 17.1. The van der Waals surface area contributed by atoms with Crippen molar-refractivity contribution in [3.8, 4) is 0 Å². The van der Waals surface area contributed by atoms with Gasteiger partial charge in [-0.1, -0.05) is 12.8 Å². The van der Waals surface area contributed by atoms with Crippen molar-refractivity contribution in [1.82, 2.24) is 20.0 Å². The molecule has 0 aromatic rings. The summed E-state index contributed by atoms with van der Waals surface area (Å²) in [5.74, 6) is 0.564. The molecule has 6 nitrogen and oxygen atoms in total. The maximum atomic E-state index is 12.7. The number of amides is 3. The van der Waals surface area contributed by atoms with E-state index in [1.54, 1.807) is 0 Å². The van der Waals surface area contributed by atoms with Gasteiger partial charge in [0, 0.05) is 50.2 Å². The summed E-state index contributed by atoms with van der Waals surface area (Å²) in [6.07, 6.45) is 8.94. The summed E-state index contributed by atoms with van der Waals surface area (Å²) in [7, 11) is 2.20. The molecule has 0 aromatic carbocycles. The lowest BCUT2D eigenvalue weighted by Gasteiger charge is -2.27. The molecule has 0 spiro atoms. The van der Waals surface area contributed by atoms with Gasteiger partial charge >= 0.3 is 6.03 Å². The minimum atomic E-state index is 0.0705. The second-order valence-corrected chi connectivity index (χ2v) is 8.49. The normalized spacial score (nSPS) is 33.7. The summed E-state index contributed by atoms with van der Waals surface area (Å²) >= 11 is 0. The van der Waals surface area contributed by atoms with Gasteiger partial charge in [-0.05, 0) is 45.6 Å². The number of likely N-dealkylation sites (N-methyl/N-ethyl adjacent to an activating group) is 1. The molecule has 3 saturated heterocycles. The Balaban J connectivity index is 1.28. The molecule has 4 fully saturated rings. The van der Waals surface area contributed by atoms with E-state index in [4.69, 9.17) is 0 Å². The highest BCUT2D eigenvalue weighted by Crippen LogP contribution is 2.29. The maximum Gasteiger partial charge on any atom is 0.317 e. The van der Waals surface area contributed by atoms with E-state index in [0.29, 0.717) is 24.5 Å². The quantitative estimate of drug-likeness (QED) is 0.826. The molecule has 0 radical (unpaired) electrons. The smallest absolute Gasteiger partial charge is 0.317 e. The molecule has 2 bridgehead atoms. The van der Waals surface area contributed by atoms with E-state index in [1.165, 1.54) is 25.7 Å². The van der Waals surface area contributed by atoms with E-state index >= 15 is 0 Å². The second kappa shape index (κ2) is 7.14. The van der Waals surface area contributed by atoms with Crippen molar-refractivity contribution in [3.05, 3.63) is 0 Å². The zero-order valence-electron chi connectivity index (χ0n) is 15.5. The number of hydrogen-bond donors (Lipinski definition) is 1. The van der Waals surface area contributed by atoms with Gasteiger partial charge in [0.15, 0.2) is 0 Å². The molecule has 3 heterocycles. The third-order valence-corrected chi connectivity index (χ3v) is 6.97. The molecule has 1 aliphatic carbocycles. The Morgan fingerprint density at radius 3 is 2.36 bits per heavy atom. The zero-order chi connectivity index (χ0) is 17.4. The van der Waals surface area contributed by atoms with E-state index in [0.717, 1.165) is 45.3 Å². The van der Waals surface area contributed by atoms with Gasteiger partial charge in [0.05, 0.1) is 0 Å². The van der Waals surface area contributed by atoms with Crippen molar-refractivity contribution in [2.45, 2.75) is 69.5 Å². The van der Waals surface area contributed by atoms with Crippen LogP contribution in [0, 0.1) is 5.92 Å². The van der Waals surface area contributed by atoms with Gasteiger partial charge in [-0.25, -0.2) is 4.79 Å². The van der Waals surface area contributed by atoms with Crippen molar-refractivity contribution < 1.29 is 9.59 Å². The summed E-state index contributed by atoms with van der Waals surface area (Å²) in [6, 6.07) is 1.35. The van der Waals surface area contributed by atoms with Gasteiger partial charge in [0.2, 0.25) is 5.91 Å². The highest BCUT2D eigenvalue weighted by atomic mass is 16.2. The number of hydrogen-bond acceptors (Lipinski definition) is 3. The lowest BCUT2D eigenvalue weighted by Crippen LogP contribution is -2.49. The largest absolute Gasteiger partial charge is 0.340 e. The first-order valence-electron chi connectivity index (χ1n) is 10.2. The molecule has 3 aliphatic heterocycles. The zero-order valence-corrected chi connectivity index (χ0v) is 15.5.